The first kappa shape index (κ1) is 11.5. The maximum absolute atomic E-state index is 11.5. The van der Waals surface area contributed by atoms with E-state index < -0.39 is 11.9 Å². The maximum Gasteiger partial charge on any atom is 0.317 e. The first-order valence-electron chi connectivity index (χ1n) is 5.79. The van der Waals surface area contributed by atoms with Gasteiger partial charge in [-0.15, -0.1) is 0 Å². The topological polar surface area (TPSA) is 68.7 Å². The van der Waals surface area contributed by atoms with E-state index >= 15 is 0 Å². The molecule has 19 heavy (non-hydrogen) atoms. The minimum Gasteiger partial charge on any atom is -0.480 e. The summed E-state index contributed by atoms with van der Waals surface area (Å²) >= 11 is 0. The Balaban J connectivity index is 2.04. The number of benzene rings is 1. The maximum atomic E-state index is 11.5. The largest absolute Gasteiger partial charge is 0.480 e. The molecule has 0 amide bonds. The van der Waals surface area contributed by atoms with E-state index in [2.05, 4.69) is 4.98 Å². The van der Waals surface area contributed by atoms with Crippen molar-refractivity contribution in [2.45, 2.75) is 5.92 Å². The van der Waals surface area contributed by atoms with Gasteiger partial charge in [0.05, 0.1) is 5.69 Å². The van der Waals surface area contributed by atoms with E-state index in [0.29, 0.717) is 22.8 Å². The number of aliphatic carboxylic acids is 1. The SMILES string of the molecule is O=C(O)C(c1ccc2c(c1)OCO2)c1ccccn1. The monoisotopic (exact) mass is 257 g/mol. The lowest BCUT2D eigenvalue weighted by atomic mass is 9.95. The predicted molar refractivity (Wildman–Crippen MR) is 66.3 cm³/mol. The zero-order valence-corrected chi connectivity index (χ0v) is 9.95. The van der Waals surface area contributed by atoms with E-state index in [1.807, 2.05) is 0 Å². The summed E-state index contributed by atoms with van der Waals surface area (Å²) in [5, 5.41) is 9.42. The van der Waals surface area contributed by atoms with Gasteiger partial charge in [-0.2, -0.15) is 0 Å². The number of rotatable bonds is 3. The average molecular weight is 257 g/mol. The molecule has 1 atom stereocenters. The Morgan fingerprint density at radius 3 is 2.79 bits per heavy atom. The molecule has 1 aliphatic rings. The van der Waals surface area contributed by atoms with Crippen LogP contribution < -0.4 is 9.47 Å². The Labute approximate surface area is 109 Å². The van der Waals surface area contributed by atoms with E-state index in [1.165, 1.54) is 0 Å². The summed E-state index contributed by atoms with van der Waals surface area (Å²) < 4.78 is 10.5. The van der Waals surface area contributed by atoms with Gasteiger partial charge in [-0.05, 0) is 29.8 Å². The molecule has 0 spiro atoms. The van der Waals surface area contributed by atoms with E-state index in [9.17, 15) is 9.90 Å². The molecule has 0 saturated heterocycles. The summed E-state index contributed by atoms with van der Waals surface area (Å²) in [6.45, 7) is 0.167. The number of nitrogens with zero attached hydrogens (tertiary/aromatic N) is 1. The smallest absolute Gasteiger partial charge is 0.317 e. The number of carboxylic acids is 1. The molecular formula is C14H11NO4. The van der Waals surface area contributed by atoms with Crippen molar-refractivity contribution in [1.82, 2.24) is 4.98 Å². The van der Waals surface area contributed by atoms with Gasteiger partial charge in [0, 0.05) is 6.20 Å². The fourth-order valence-electron chi connectivity index (χ4n) is 2.08. The third-order valence-electron chi connectivity index (χ3n) is 2.96. The van der Waals surface area contributed by atoms with E-state index in [0.717, 1.165) is 0 Å². The molecule has 1 unspecified atom stereocenters. The number of pyridine rings is 1. The fourth-order valence-corrected chi connectivity index (χ4v) is 2.08. The minimum atomic E-state index is -0.947. The second-order valence-corrected chi connectivity index (χ2v) is 4.14. The summed E-state index contributed by atoms with van der Waals surface area (Å²) in [5.74, 6) is -0.554. The van der Waals surface area contributed by atoms with Crippen LogP contribution in [-0.2, 0) is 4.79 Å². The number of fused-ring (bicyclic) bond motifs is 1. The number of carbonyl (C=O) groups is 1. The second kappa shape index (κ2) is 4.61. The van der Waals surface area contributed by atoms with Gasteiger partial charge >= 0.3 is 5.97 Å². The standard InChI is InChI=1S/C14H11NO4/c16-14(17)13(10-3-1-2-6-15-10)9-4-5-11-12(7-9)19-8-18-11/h1-7,13H,8H2,(H,16,17). The number of aromatic nitrogens is 1. The highest BCUT2D eigenvalue weighted by Crippen LogP contribution is 2.36. The van der Waals surface area contributed by atoms with E-state index in [1.54, 1.807) is 42.6 Å². The lowest BCUT2D eigenvalue weighted by molar-refractivity contribution is -0.137. The molecule has 0 saturated carbocycles. The highest BCUT2D eigenvalue weighted by atomic mass is 16.7. The second-order valence-electron chi connectivity index (χ2n) is 4.14. The molecule has 0 fully saturated rings. The van der Waals surface area contributed by atoms with Crippen molar-refractivity contribution < 1.29 is 19.4 Å². The van der Waals surface area contributed by atoms with Crippen molar-refractivity contribution >= 4 is 5.97 Å². The summed E-state index contributed by atoms with van der Waals surface area (Å²) in [7, 11) is 0. The van der Waals surface area contributed by atoms with Crippen molar-refractivity contribution in [3.05, 3.63) is 53.9 Å². The first-order valence-corrected chi connectivity index (χ1v) is 5.79. The molecule has 2 aromatic rings. The highest BCUT2D eigenvalue weighted by Gasteiger charge is 2.25. The molecule has 3 rings (SSSR count). The van der Waals surface area contributed by atoms with Crippen molar-refractivity contribution in [2.75, 3.05) is 6.79 Å². The lowest BCUT2D eigenvalue weighted by Crippen LogP contribution is -2.14. The average Bonchev–Trinajstić information content (AvgIpc) is 2.87. The summed E-state index contributed by atoms with van der Waals surface area (Å²) in [6.07, 6.45) is 1.58. The van der Waals surface area contributed by atoms with Crippen molar-refractivity contribution in [3.63, 3.8) is 0 Å². The highest BCUT2D eigenvalue weighted by molar-refractivity contribution is 5.80. The van der Waals surface area contributed by atoms with Crippen LogP contribution in [0.2, 0.25) is 0 Å². The Morgan fingerprint density at radius 1 is 1.21 bits per heavy atom. The van der Waals surface area contributed by atoms with Crippen molar-refractivity contribution in [2.24, 2.45) is 0 Å². The number of hydrogen-bond acceptors (Lipinski definition) is 4. The van der Waals surface area contributed by atoms with Gasteiger partial charge in [0.2, 0.25) is 6.79 Å². The van der Waals surface area contributed by atoms with Crippen LogP contribution in [0.15, 0.2) is 42.6 Å². The molecule has 1 N–H and O–H groups in total. The van der Waals surface area contributed by atoms with Crippen LogP contribution in [-0.4, -0.2) is 22.9 Å². The molecule has 1 aromatic carbocycles. The van der Waals surface area contributed by atoms with Gasteiger partial charge in [-0.3, -0.25) is 9.78 Å². The molecule has 5 heteroatoms. The zero-order chi connectivity index (χ0) is 13.2. The zero-order valence-electron chi connectivity index (χ0n) is 9.95. The molecule has 0 bridgehead atoms. The van der Waals surface area contributed by atoms with Crippen LogP contribution in [0.4, 0.5) is 0 Å². The molecule has 0 radical (unpaired) electrons. The van der Waals surface area contributed by atoms with Gasteiger partial charge in [-0.25, -0.2) is 0 Å². The van der Waals surface area contributed by atoms with Crippen LogP contribution in [0.5, 0.6) is 11.5 Å². The van der Waals surface area contributed by atoms with Gasteiger partial charge in [0.1, 0.15) is 5.92 Å². The van der Waals surface area contributed by atoms with Crippen LogP contribution in [0.3, 0.4) is 0 Å². The van der Waals surface area contributed by atoms with Gasteiger partial charge < -0.3 is 14.6 Å². The summed E-state index contributed by atoms with van der Waals surface area (Å²) in [6, 6.07) is 10.4. The molecule has 1 aromatic heterocycles. The Hall–Kier alpha value is -2.56. The number of hydrogen-bond donors (Lipinski definition) is 1. The number of ether oxygens (including phenoxy) is 2. The van der Waals surface area contributed by atoms with Gasteiger partial charge in [0.25, 0.3) is 0 Å². The molecule has 96 valence electrons. The molecule has 0 aliphatic carbocycles. The quantitative estimate of drug-likeness (QED) is 0.911. The lowest BCUT2D eigenvalue weighted by Gasteiger charge is -2.12. The third kappa shape index (κ3) is 2.10. The third-order valence-corrected chi connectivity index (χ3v) is 2.96. The van der Waals surface area contributed by atoms with Crippen molar-refractivity contribution in [1.29, 1.82) is 0 Å². The van der Waals surface area contributed by atoms with Gasteiger partial charge in [-0.1, -0.05) is 12.1 Å². The fraction of sp³-hybridized carbons (Fsp3) is 0.143. The van der Waals surface area contributed by atoms with Crippen LogP contribution in [0.25, 0.3) is 0 Å². The Kier molecular flexibility index (Phi) is 2.79. The van der Waals surface area contributed by atoms with E-state index in [-0.39, 0.29) is 6.79 Å². The number of carboxylic acid groups (broad SMARTS) is 1. The predicted octanol–water partition coefficient (Wildman–Crippen LogP) is 2.03. The normalized spacial score (nSPS) is 14.1. The minimum absolute atomic E-state index is 0.167. The van der Waals surface area contributed by atoms with E-state index in [4.69, 9.17) is 9.47 Å². The molecule has 1 aliphatic heterocycles. The van der Waals surface area contributed by atoms with Crippen molar-refractivity contribution in [3.8, 4) is 11.5 Å². The van der Waals surface area contributed by atoms with Crippen LogP contribution >= 0.6 is 0 Å². The Bertz CT molecular complexity index is 612. The first-order chi connectivity index (χ1) is 9.25. The van der Waals surface area contributed by atoms with Crippen LogP contribution in [0.1, 0.15) is 17.2 Å². The van der Waals surface area contributed by atoms with Crippen LogP contribution in [0, 0.1) is 0 Å². The Morgan fingerprint density at radius 2 is 2.05 bits per heavy atom. The molecule has 2 heterocycles. The summed E-state index contributed by atoms with van der Waals surface area (Å²) in [4.78, 5) is 15.6. The van der Waals surface area contributed by atoms with Gasteiger partial charge in [0.15, 0.2) is 11.5 Å². The molecule has 5 nitrogen and oxygen atoms in total. The molecular weight excluding hydrogens is 246 g/mol. The summed E-state index contributed by atoms with van der Waals surface area (Å²) in [5.41, 5.74) is 1.12.